The summed E-state index contributed by atoms with van der Waals surface area (Å²) in [4.78, 5) is 29.1. The van der Waals surface area contributed by atoms with Crippen LogP contribution < -0.4 is 11.0 Å². The van der Waals surface area contributed by atoms with E-state index in [1.807, 2.05) is 25.1 Å². The van der Waals surface area contributed by atoms with Gasteiger partial charge in [0.1, 0.15) is 0 Å². The highest BCUT2D eigenvalue weighted by molar-refractivity contribution is 5.86. The van der Waals surface area contributed by atoms with Crippen molar-refractivity contribution in [2.45, 2.75) is 65.2 Å². The summed E-state index contributed by atoms with van der Waals surface area (Å²) in [6.07, 6.45) is 9.07. The topological polar surface area (TPSA) is 64.0 Å². The average Bonchev–Trinajstić information content (AvgIpc) is 2.58. The molecule has 0 aromatic carbocycles. The zero-order chi connectivity index (χ0) is 17.4. The van der Waals surface area contributed by atoms with E-state index in [-0.39, 0.29) is 11.5 Å². The van der Waals surface area contributed by atoms with Gasteiger partial charge in [-0.3, -0.25) is 15.0 Å². The Morgan fingerprint density at radius 1 is 1.17 bits per heavy atom. The second-order valence-electron chi connectivity index (χ2n) is 6.18. The molecule has 2 aromatic rings. The number of aromatic nitrogens is 2. The lowest BCUT2D eigenvalue weighted by Crippen LogP contribution is -2.35. The monoisotopic (exact) mass is 329 g/mol. The molecule has 24 heavy (non-hydrogen) atoms. The Labute approximate surface area is 143 Å². The summed E-state index contributed by atoms with van der Waals surface area (Å²) in [7, 11) is 0. The van der Waals surface area contributed by atoms with Gasteiger partial charge in [0.05, 0.1) is 0 Å². The van der Waals surface area contributed by atoms with E-state index in [4.69, 9.17) is 0 Å². The first kappa shape index (κ1) is 18.2. The van der Waals surface area contributed by atoms with E-state index in [0.29, 0.717) is 24.1 Å². The van der Waals surface area contributed by atoms with Gasteiger partial charge in [-0.05, 0) is 31.0 Å². The normalized spacial score (nSPS) is 10.9. The molecule has 0 saturated heterocycles. The lowest BCUT2D eigenvalue weighted by atomic mass is 10.1. The minimum atomic E-state index is -0.178. The number of rotatable bonds is 9. The molecule has 5 heteroatoms. The van der Waals surface area contributed by atoms with Crippen LogP contribution in [0.4, 0.5) is 0 Å². The third-order valence-corrected chi connectivity index (χ3v) is 4.10. The van der Waals surface area contributed by atoms with Crippen molar-refractivity contribution in [3.63, 3.8) is 0 Å². The number of unbranched alkanes of at least 4 members (excludes halogenated alkanes) is 4. The molecular weight excluding hydrogens is 302 g/mol. The van der Waals surface area contributed by atoms with Gasteiger partial charge in [-0.25, -0.2) is 4.98 Å². The first-order chi connectivity index (χ1) is 11.7. The summed E-state index contributed by atoms with van der Waals surface area (Å²) in [5, 5.41) is 0.865. The van der Waals surface area contributed by atoms with Crippen molar-refractivity contribution in [1.82, 2.24) is 9.66 Å². The van der Waals surface area contributed by atoms with Crippen LogP contribution in [0.15, 0.2) is 29.2 Å². The molecule has 5 nitrogen and oxygen atoms in total. The van der Waals surface area contributed by atoms with Crippen LogP contribution in [0, 0.1) is 0 Å². The van der Waals surface area contributed by atoms with Crippen molar-refractivity contribution in [2.24, 2.45) is 0 Å². The van der Waals surface area contributed by atoms with Crippen LogP contribution in [0.5, 0.6) is 0 Å². The van der Waals surface area contributed by atoms with Crippen molar-refractivity contribution in [3.05, 3.63) is 40.3 Å². The molecule has 2 rings (SSSR count). The van der Waals surface area contributed by atoms with Crippen LogP contribution >= 0.6 is 0 Å². The molecule has 0 aliphatic rings. The number of carbonyl (C=O) groups excluding carboxylic acids is 1. The highest BCUT2D eigenvalue weighted by Crippen LogP contribution is 2.11. The van der Waals surface area contributed by atoms with E-state index in [2.05, 4.69) is 17.3 Å². The highest BCUT2D eigenvalue weighted by Gasteiger charge is 2.12. The van der Waals surface area contributed by atoms with Gasteiger partial charge in [0.25, 0.3) is 5.56 Å². The fraction of sp³-hybridized carbons (Fsp3) is 0.526. The van der Waals surface area contributed by atoms with Gasteiger partial charge in [-0.15, -0.1) is 0 Å². The van der Waals surface area contributed by atoms with Crippen LogP contribution in [0.3, 0.4) is 0 Å². The van der Waals surface area contributed by atoms with Crippen molar-refractivity contribution < 1.29 is 4.79 Å². The molecule has 0 spiro atoms. The molecule has 0 fully saturated rings. The molecule has 0 saturated carbocycles. The highest BCUT2D eigenvalue weighted by atomic mass is 16.2. The predicted octanol–water partition coefficient (Wildman–Crippen LogP) is 3.78. The fourth-order valence-electron chi connectivity index (χ4n) is 2.82. The molecule has 0 atom stereocenters. The molecule has 0 radical (unpaired) electrons. The van der Waals surface area contributed by atoms with E-state index in [0.717, 1.165) is 31.1 Å². The Morgan fingerprint density at radius 3 is 2.71 bits per heavy atom. The summed E-state index contributed by atoms with van der Waals surface area (Å²) in [5.74, 6) is -0.130. The maximum Gasteiger partial charge on any atom is 0.274 e. The zero-order valence-corrected chi connectivity index (χ0v) is 14.7. The third-order valence-electron chi connectivity index (χ3n) is 4.10. The first-order valence-corrected chi connectivity index (χ1v) is 8.96. The van der Waals surface area contributed by atoms with E-state index >= 15 is 0 Å². The molecule has 2 heterocycles. The lowest BCUT2D eigenvalue weighted by Gasteiger charge is -2.13. The molecule has 1 amide bonds. The number of hydrogen-bond donors (Lipinski definition) is 1. The SMILES string of the molecule is CCCCCCCC(=O)Nn1c(=O)c(CCC)cc2cccnc21. The van der Waals surface area contributed by atoms with Crippen LogP contribution in [0.25, 0.3) is 11.0 Å². The van der Waals surface area contributed by atoms with E-state index in [1.54, 1.807) is 6.20 Å². The predicted molar refractivity (Wildman–Crippen MR) is 97.7 cm³/mol. The van der Waals surface area contributed by atoms with Gasteiger partial charge in [0.2, 0.25) is 5.91 Å². The molecular formula is C19H27N3O2. The van der Waals surface area contributed by atoms with E-state index < -0.39 is 0 Å². The van der Waals surface area contributed by atoms with Crippen LogP contribution in [0.1, 0.15) is 64.4 Å². The number of amides is 1. The van der Waals surface area contributed by atoms with Gasteiger partial charge >= 0.3 is 0 Å². The van der Waals surface area contributed by atoms with Crippen LogP contribution in [0.2, 0.25) is 0 Å². The van der Waals surface area contributed by atoms with Crippen molar-refractivity contribution >= 4 is 16.9 Å². The first-order valence-electron chi connectivity index (χ1n) is 8.96. The molecule has 2 aromatic heterocycles. The quantitative estimate of drug-likeness (QED) is 0.712. The Kier molecular flexibility index (Phi) is 6.97. The summed E-state index contributed by atoms with van der Waals surface area (Å²) in [5.41, 5.74) is 3.78. The number of nitrogens with one attached hydrogen (secondary N) is 1. The molecule has 0 aliphatic heterocycles. The maximum absolute atomic E-state index is 12.6. The van der Waals surface area contributed by atoms with E-state index in [9.17, 15) is 9.59 Å². The molecule has 0 bridgehead atoms. The largest absolute Gasteiger partial charge is 0.274 e. The number of fused-ring (bicyclic) bond motifs is 1. The van der Waals surface area contributed by atoms with Gasteiger partial charge in [-0.1, -0.05) is 46.0 Å². The fourth-order valence-corrected chi connectivity index (χ4v) is 2.82. The maximum atomic E-state index is 12.6. The number of pyridine rings is 2. The zero-order valence-electron chi connectivity index (χ0n) is 14.7. The standard InChI is InChI=1S/C19H27N3O2/c1-3-5-6-7-8-12-17(23)21-22-18-15(11-9-13-20-18)14-16(10-4-2)19(22)24/h9,11,13-14H,3-8,10,12H2,1-2H3,(H,21,23). The molecule has 130 valence electrons. The summed E-state index contributed by atoms with van der Waals surface area (Å²) >= 11 is 0. The van der Waals surface area contributed by atoms with Gasteiger partial charge < -0.3 is 0 Å². The molecule has 0 unspecified atom stereocenters. The number of carbonyl (C=O) groups is 1. The number of nitrogens with zero attached hydrogens (tertiary/aromatic N) is 2. The second kappa shape index (κ2) is 9.21. The minimum Gasteiger partial charge on any atom is -0.273 e. The van der Waals surface area contributed by atoms with Gasteiger partial charge in [-0.2, -0.15) is 4.68 Å². The van der Waals surface area contributed by atoms with Gasteiger partial charge in [0, 0.05) is 23.6 Å². The van der Waals surface area contributed by atoms with Crippen molar-refractivity contribution in [1.29, 1.82) is 0 Å². The molecule has 0 aliphatic carbocycles. The third kappa shape index (κ3) is 4.66. The lowest BCUT2D eigenvalue weighted by molar-refractivity contribution is -0.117. The van der Waals surface area contributed by atoms with E-state index in [1.165, 1.54) is 17.5 Å². The van der Waals surface area contributed by atoms with Crippen LogP contribution in [-0.2, 0) is 11.2 Å². The summed E-state index contributed by atoms with van der Waals surface area (Å²) in [6.45, 7) is 4.20. The smallest absolute Gasteiger partial charge is 0.273 e. The van der Waals surface area contributed by atoms with Crippen molar-refractivity contribution in [2.75, 3.05) is 5.43 Å². The minimum absolute atomic E-state index is 0.130. The van der Waals surface area contributed by atoms with Crippen molar-refractivity contribution in [3.8, 4) is 0 Å². The average molecular weight is 329 g/mol. The number of hydrogen-bond acceptors (Lipinski definition) is 3. The Hall–Kier alpha value is -2.17. The van der Waals surface area contributed by atoms with Gasteiger partial charge in [0.15, 0.2) is 5.65 Å². The summed E-state index contributed by atoms with van der Waals surface area (Å²) < 4.78 is 1.31. The number of aryl methyl sites for hydroxylation is 1. The Morgan fingerprint density at radius 2 is 1.96 bits per heavy atom. The molecule has 1 N–H and O–H groups in total. The Bertz CT molecular complexity index is 737. The second-order valence-corrected chi connectivity index (χ2v) is 6.18. The summed E-state index contributed by atoms with van der Waals surface area (Å²) in [6, 6.07) is 5.62. The Balaban J connectivity index is 2.16. The van der Waals surface area contributed by atoms with Crippen LogP contribution in [-0.4, -0.2) is 15.6 Å².